The van der Waals surface area contributed by atoms with E-state index >= 15 is 0 Å². The van der Waals surface area contributed by atoms with Crippen LogP contribution in [0.2, 0.25) is 0 Å². The van der Waals surface area contributed by atoms with Gasteiger partial charge in [-0.05, 0) is 50.4 Å². The predicted molar refractivity (Wildman–Crippen MR) is 119 cm³/mol. The topological polar surface area (TPSA) is 69.0 Å². The molecular weight excluding hydrogens is 404 g/mol. The summed E-state index contributed by atoms with van der Waals surface area (Å²) in [6.45, 7) is 4.67. The molecule has 1 atom stereocenters. The van der Waals surface area contributed by atoms with Crippen LogP contribution in [0, 0.1) is 0 Å². The van der Waals surface area contributed by atoms with Gasteiger partial charge in [0, 0.05) is 17.1 Å². The summed E-state index contributed by atoms with van der Waals surface area (Å²) in [6.07, 6.45) is 1.76. The van der Waals surface area contributed by atoms with Gasteiger partial charge in [-0.1, -0.05) is 36.0 Å². The van der Waals surface area contributed by atoms with E-state index in [1.54, 1.807) is 11.8 Å². The summed E-state index contributed by atoms with van der Waals surface area (Å²) in [5.74, 6) is 1.71. The highest BCUT2D eigenvalue weighted by Crippen LogP contribution is 2.25. The van der Waals surface area contributed by atoms with Crippen molar-refractivity contribution in [3.05, 3.63) is 60.4 Å². The van der Waals surface area contributed by atoms with E-state index in [-0.39, 0.29) is 17.8 Å². The molecule has 1 aromatic heterocycles. The molecule has 1 unspecified atom stereocenters. The van der Waals surface area contributed by atoms with Crippen molar-refractivity contribution in [2.75, 3.05) is 17.3 Å². The summed E-state index contributed by atoms with van der Waals surface area (Å²) in [4.78, 5) is 13.5. The summed E-state index contributed by atoms with van der Waals surface area (Å²) < 4.78 is 7.95. The molecule has 1 heterocycles. The smallest absolute Gasteiger partial charge is 0.234 e. The van der Waals surface area contributed by atoms with Crippen LogP contribution in [0.25, 0.3) is 0 Å². The fraction of sp³-hybridized carbons (Fsp3) is 0.286. The molecule has 6 nitrogen and oxygen atoms in total. The van der Waals surface area contributed by atoms with Gasteiger partial charge in [-0.25, -0.2) is 0 Å². The first-order valence-corrected chi connectivity index (χ1v) is 11.5. The van der Waals surface area contributed by atoms with Crippen molar-refractivity contribution in [2.45, 2.75) is 36.5 Å². The van der Waals surface area contributed by atoms with Gasteiger partial charge in [-0.15, -0.1) is 22.0 Å². The molecule has 3 aromatic rings. The standard InChI is InChI=1S/C21H24N4O2S2/c1-4-25-20(15(2)27-17-10-6-5-7-11-17)23-24-21(25)29-14-19(26)22-16-9-8-12-18(13-16)28-3/h5-13,15H,4,14H2,1-3H3,(H,22,26). The van der Waals surface area contributed by atoms with Crippen LogP contribution in [0.4, 0.5) is 5.69 Å². The molecule has 2 aromatic carbocycles. The maximum atomic E-state index is 12.3. The molecule has 1 N–H and O–H groups in total. The number of para-hydroxylation sites is 1. The second-order valence-electron chi connectivity index (χ2n) is 6.23. The molecule has 0 fully saturated rings. The van der Waals surface area contributed by atoms with Gasteiger partial charge in [0.15, 0.2) is 17.1 Å². The van der Waals surface area contributed by atoms with Crippen LogP contribution in [0.3, 0.4) is 0 Å². The number of carbonyl (C=O) groups is 1. The zero-order chi connectivity index (χ0) is 20.6. The molecule has 0 aliphatic heterocycles. The Hall–Kier alpha value is -2.45. The Kier molecular flexibility index (Phi) is 7.60. The highest BCUT2D eigenvalue weighted by atomic mass is 32.2. The van der Waals surface area contributed by atoms with Gasteiger partial charge in [0.05, 0.1) is 5.75 Å². The zero-order valence-corrected chi connectivity index (χ0v) is 18.3. The number of rotatable bonds is 9. The average molecular weight is 429 g/mol. The fourth-order valence-corrected chi connectivity index (χ4v) is 4.06. The average Bonchev–Trinajstić information content (AvgIpc) is 3.16. The molecule has 0 spiro atoms. The maximum Gasteiger partial charge on any atom is 0.234 e. The molecule has 0 aliphatic carbocycles. The third kappa shape index (κ3) is 5.77. The largest absolute Gasteiger partial charge is 0.483 e. The highest BCUT2D eigenvalue weighted by Gasteiger charge is 2.19. The fourth-order valence-electron chi connectivity index (χ4n) is 2.79. The molecular formula is C21H24N4O2S2. The van der Waals surface area contributed by atoms with Crippen LogP contribution < -0.4 is 10.1 Å². The number of thioether (sulfide) groups is 2. The van der Waals surface area contributed by atoms with E-state index in [1.807, 2.05) is 79.3 Å². The monoisotopic (exact) mass is 428 g/mol. The van der Waals surface area contributed by atoms with Crippen LogP contribution in [0.5, 0.6) is 5.75 Å². The van der Waals surface area contributed by atoms with Crippen LogP contribution in [0.1, 0.15) is 25.8 Å². The van der Waals surface area contributed by atoms with Gasteiger partial charge in [-0.2, -0.15) is 0 Å². The van der Waals surface area contributed by atoms with E-state index in [4.69, 9.17) is 4.74 Å². The van der Waals surface area contributed by atoms with Crippen molar-refractivity contribution in [1.29, 1.82) is 0 Å². The minimum Gasteiger partial charge on any atom is -0.483 e. The van der Waals surface area contributed by atoms with Crippen molar-refractivity contribution in [2.24, 2.45) is 0 Å². The second kappa shape index (κ2) is 10.4. The number of carbonyl (C=O) groups excluding carboxylic acids is 1. The molecule has 0 radical (unpaired) electrons. The minimum atomic E-state index is -0.248. The summed E-state index contributed by atoms with van der Waals surface area (Å²) in [5.41, 5.74) is 0.796. The Bertz CT molecular complexity index is 947. The van der Waals surface area contributed by atoms with Crippen LogP contribution in [-0.4, -0.2) is 32.7 Å². The molecule has 8 heteroatoms. The highest BCUT2D eigenvalue weighted by molar-refractivity contribution is 7.99. The molecule has 1 amide bonds. The van der Waals surface area contributed by atoms with E-state index < -0.39 is 0 Å². The molecule has 0 aliphatic rings. The Morgan fingerprint density at radius 2 is 1.97 bits per heavy atom. The Labute approximate surface area is 179 Å². The van der Waals surface area contributed by atoms with Gasteiger partial charge in [-0.3, -0.25) is 4.79 Å². The van der Waals surface area contributed by atoms with Gasteiger partial charge in [0.25, 0.3) is 0 Å². The van der Waals surface area contributed by atoms with E-state index in [1.165, 1.54) is 11.8 Å². The summed E-state index contributed by atoms with van der Waals surface area (Å²) in [7, 11) is 0. The molecule has 29 heavy (non-hydrogen) atoms. The molecule has 0 saturated carbocycles. The predicted octanol–water partition coefficient (Wildman–Crippen LogP) is 4.89. The Balaban J connectivity index is 1.61. The molecule has 0 bridgehead atoms. The van der Waals surface area contributed by atoms with Gasteiger partial charge < -0.3 is 14.6 Å². The summed E-state index contributed by atoms with van der Waals surface area (Å²) >= 11 is 3.01. The lowest BCUT2D eigenvalue weighted by molar-refractivity contribution is -0.113. The number of ether oxygens (including phenoxy) is 1. The first kappa shape index (κ1) is 21.3. The van der Waals surface area contributed by atoms with Gasteiger partial charge in [0.1, 0.15) is 5.75 Å². The van der Waals surface area contributed by atoms with E-state index in [9.17, 15) is 4.79 Å². The van der Waals surface area contributed by atoms with Crippen molar-refractivity contribution >= 4 is 35.1 Å². The number of nitrogens with zero attached hydrogens (tertiary/aromatic N) is 3. The number of hydrogen-bond donors (Lipinski definition) is 1. The van der Waals surface area contributed by atoms with Gasteiger partial charge >= 0.3 is 0 Å². The quantitative estimate of drug-likeness (QED) is 0.489. The normalized spacial score (nSPS) is 11.8. The number of hydrogen-bond acceptors (Lipinski definition) is 6. The minimum absolute atomic E-state index is 0.0750. The van der Waals surface area contributed by atoms with E-state index in [2.05, 4.69) is 15.5 Å². The number of amides is 1. The first-order chi connectivity index (χ1) is 14.1. The molecule has 3 rings (SSSR count). The SMILES string of the molecule is CCn1c(SCC(=O)Nc2cccc(SC)c2)nnc1C(C)Oc1ccccc1. The van der Waals surface area contributed by atoms with Crippen LogP contribution >= 0.6 is 23.5 Å². The Morgan fingerprint density at radius 1 is 1.17 bits per heavy atom. The third-order valence-corrected chi connectivity index (χ3v) is 5.86. The third-order valence-electron chi connectivity index (χ3n) is 4.17. The lowest BCUT2D eigenvalue weighted by atomic mass is 10.3. The number of benzene rings is 2. The lowest BCUT2D eigenvalue weighted by Gasteiger charge is -2.15. The van der Waals surface area contributed by atoms with Crippen LogP contribution in [0.15, 0.2) is 64.6 Å². The van der Waals surface area contributed by atoms with Crippen molar-refractivity contribution in [3.63, 3.8) is 0 Å². The maximum absolute atomic E-state index is 12.3. The first-order valence-electron chi connectivity index (χ1n) is 9.32. The molecule has 152 valence electrons. The van der Waals surface area contributed by atoms with Gasteiger partial charge in [0.2, 0.25) is 5.91 Å². The van der Waals surface area contributed by atoms with E-state index in [0.717, 1.165) is 22.2 Å². The second-order valence-corrected chi connectivity index (χ2v) is 8.05. The van der Waals surface area contributed by atoms with Crippen molar-refractivity contribution in [3.8, 4) is 5.75 Å². The summed E-state index contributed by atoms with van der Waals surface area (Å²) in [6, 6.07) is 17.4. The zero-order valence-electron chi connectivity index (χ0n) is 16.7. The number of aromatic nitrogens is 3. The number of anilines is 1. The molecule has 0 saturated heterocycles. The lowest BCUT2D eigenvalue weighted by Crippen LogP contribution is -2.15. The Morgan fingerprint density at radius 3 is 2.69 bits per heavy atom. The summed E-state index contributed by atoms with van der Waals surface area (Å²) in [5, 5.41) is 12.2. The number of nitrogens with one attached hydrogen (secondary N) is 1. The van der Waals surface area contributed by atoms with Crippen LogP contribution in [-0.2, 0) is 11.3 Å². The van der Waals surface area contributed by atoms with Crippen molar-refractivity contribution in [1.82, 2.24) is 14.8 Å². The van der Waals surface area contributed by atoms with Crippen molar-refractivity contribution < 1.29 is 9.53 Å². The van der Waals surface area contributed by atoms with E-state index in [0.29, 0.717) is 11.7 Å².